The van der Waals surface area contributed by atoms with Crippen molar-refractivity contribution in [1.82, 2.24) is 20.2 Å². The third-order valence-electron chi connectivity index (χ3n) is 4.38. The van der Waals surface area contributed by atoms with E-state index in [0.29, 0.717) is 29.9 Å². The van der Waals surface area contributed by atoms with Crippen molar-refractivity contribution in [3.8, 4) is 0 Å². The summed E-state index contributed by atoms with van der Waals surface area (Å²) in [6.07, 6.45) is 5.31. The molecule has 0 unspecified atom stereocenters. The van der Waals surface area contributed by atoms with Crippen molar-refractivity contribution in [3.63, 3.8) is 0 Å². The van der Waals surface area contributed by atoms with Gasteiger partial charge in [-0.25, -0.2) is 4.98 Å². The number of H-pyrrole nitrogens is 1. The van der Waals surface area contributed by atoms with E-state index in [9.17, 15) is 0 Å². The number of nitrogens with two attached hydrogens (primary N) is 1. The van der Waals surface area contributed by atoms with Crippen LogP contribution in [0.2, 0.25) is 0 Å². The average molecular weight is 455 g/mol. The van der Waals surface area contributed by atoms with Gasteiger partial charge in [0, 0.05) is 42.2 Å². The number of aromatic amines is 1. The molecule has 0 saturated heterocycles. The molecule has 1 aliphatic carbocycles. The maximum Gasteiger partial charge on any atom is 0.225 e. The van der Waals surface area contributed by atoms with Crippen molar-refractivity contribution < 1.29 is 5.43 Å². The second-order valence-electron chi connectivity index (χ2n) is 6.66. The van der Waals surface area contributed by atoms with Gasteiger partial charge in [-0.1, -0.05) is 23.3 Å². The molecule has 6 N–H and O–H groups in total. The monoisotopic (exact) mass is 454 g/mol. The molecule has 0 amide bonds. The first-order chi connectivity index (χ1) is 14.2. The maximum absolute atomic E-state index is 7.57. The van der Waals surface area contributed by atoms with Crippen LogP contribution in [0.4, 0.5) is 23.3 Å². The molecular weight excluding hydrogens is 434 g/mol. The van der Waals surface area contributed by atoms with Crippen molar-refractivity contribution in [2.75, 3.05) is 17.2 Å². The Morgan fingerprint density at radius 1 is 1.34 bits per heavy atom. The van der Waals surface area contributed by atoms with Gasteiger partial charge in [0.25, 0.3) is 0 Å². The highest BCUT2D eigenvalue weighted by Gasteiger charge is 2.25. The molecule has 29 heavy (non-hydrogen) atoms. The summed E-state index contributed by atoms with van der Waals surface area (Å²) in [7, 11) is 0. The molecular formula is C19H21BrN9+. The number of halogens is 1. The van der Waals surface area contributed by atoms with Crippen molar-refractivity contribution in [2.45, 2.75) is 18.8 Å². The smallest absolute Gasteiger partial charge is 0.225 e. The standard InChI is InChI=1S/C19H20BrN9/c20-15-11-23-19(22-10-14(9-21)27-26-13-4-2-1-3-5-13)25-18(15)24-17-8-16(28-29-17)12-6-7-12/h1-5,8-9,11-12,21,26H,6-7,10H2,(H3,22,23,24,25,28,29)/p+1/b21-9?,27-14+. The fourth-order valence-corrected chi connectivity index (χ4v) is 2.96. The van der Waals surface area contributed by atoms with Gasteiger partial charge in [-0.3, -0.25) is 5.10 Å². The topological polar surface area (TPSA) is 131 Å². The predicted molar refractivity (Wildman–Crippen MR) is 116 cm³/mol. The summed E-state index contributed by atoms with van der Waals surface area (Å²) in [6.45, 7) is 0.335. The number of rotatable bonds is 9. The zero-order valence-corrected chi connectivity index (χ0v) is 17.1. The second kappa shape index (κ2) is 8.93. The number of nitrogens with one attached hydrogen (secondary N) is 4. The van der Waals surface area contributed by atoms with Crippen LogP contribution in [-0.2, 0) is 0 Å². The van der Waals surface area contributed by atoms with Gasteiger partial charge < -0.3 is 16.0 Å². The molecule has 2 heterocycles. The number of anilines is 3. The Balaban J connectivity index is 1.39. The van der Waals surface area contributed by atoms with Gasteiger partial charge in [0.15, 0.2) is 17.3 Å². The van der Waals surface area contributed by atoms with E-state index in [1.54, 1.807) is 11.6 Å². The minimum absolute atomic E-state index is 0.335. The number of quaternary nitrogens is 1. The first-order valence-corrected chi connectivity index (χ1v) is 10.0. The van der Waals surface area contributed by atoms with Crippen LogP contribution in [-0.4, -0.2) is 38.6 Å². The van der Waals surface area contributed by atoms with Crippen molar-refractivity contribution in [3.05, 3.63) is 52.8 Å². The Morgan fingerprint density at radius 3 is 2.93 bits per heavy atom. The SMILES string of the molecule is N=C/C(CNc1ncc(Br)c(Nc2cc(C3CC3)[nH]n2)n1)=N\[NH2+]c1ccccc1. The molecule has 1 fully saturated rings. The molecule has 0 bridgehead atoms. The predicted octanol–water partition coefficient (Wildman–Crippen LogP) is 2.90. The minimum Gasteiger partial charge on any atom is -0.348 e. The largest absolute Gasteiger partial charge is 0.348 e. The molecule has 1 aliphatic rings. The molecule has 0 spiro atoms. The summed E-state index contributed by atoms with van der Waals surface area (Å²) in [4.78, 5) is 8.76. The molecule has 1 saturated carbocycles. The molecule has 0 radical (unpaired) electrons. The highest BCUT2D eigenvalue weighted by molar-refractivity contribution is 9.10. The Labute approximate surface area is 176 Å². The lowest BCUT2D eigenvalue weighted by Gasteiger charge is -2.08. The highest BCUT2D eigenvalue weighted by Crippen LogP contribution is 2.39. The maximum atomic E-state index is 7.57. The Morgan fingerprint density at radius 2 is 2.17 bits per heavy atom. The van der Waals surface area contributed by atoms with Gasteiger partial charge in [-0.2, -0.15) is 15.5 Å². The number of hydrogen-bond donors (Lipinski definition) is 5. The van der Waals surface area contributed by atoms with Gasteiger partial charge in [0.1, 0.15) is 5.71 Å². The van der Waals surface area contributed by atoms with Gasteiger partial charge in [-0.05, 0) is 28.8 Å². The summed E-state index contributed by atoms with van der Waals surface area (Å²) < 4.78 is 0.734. The Bertz CT molecular complexity index is 1010. The van der Waals surface area contributed by atoms with Crippen LogP contribution in [0.25, 0.3) is 0 Å². The molecule has 4 rings (SSSR count). The summed E-state index contributed by atoms with van der Waals surface area (Å²) in [5, 5.41) is 25.6. The van der Waals surface area contributed by atoms with Crippen LogP contribution in [0.15, 0.2) is 52.2 Å². The van der Waals surface area contributed by atoms with Crippen LogP contribution in [0.3, 0.4) is 0 Å². The van der Waals surface area contributed by atoms with E-state index in [1.807, 2.05) is 36.4 Å². The van der Waals surface area contributed by atoms with Crippen LogP contribution in [0.1, 0.15) is 24.5 Å². The number of benzene rings is 1. The summed E-state index contributed by atoms with van der Waals surface area (Å²) in [6, 6.07) is 11.8. The normalized spacial score (nSPS) is 13.9. The van der Waals surface area contributed by atoms with E-state index in [2.05, 4.69) is 51.8 Å². The first kappa shape index (κ1) is 19.2. The average Bonchev–Trinajstić information content (AvgIpc) is 3.50. The van der Waals surface area contributed by atoms with Crippen LogP contribution < -0.4 is 16.1 Å². The summed E-state index contributed by atoms with van der Waals surface area (Å²) in [5.74, 6) is 2.37. The van der Waals surface area contributed by atoms with Gasteiger partial charge in [-0.15, -0.1) is 0 Å². The van der Waals surface area contributed by atoms with Crippen LogP contribution in [0, 0.1) is 5.41 Å². The first-order valence-electron chi connectivity index (χ1n) is 9.25. The van der Waals surface area contributed by atoms with Gasteiger partial charge >= 0.3 is 0 Å². The lowest BCUT2D eigenvalue weighted by Crippen LogP contribution is -2.72. The lowest BCUT2D eigenvalue weighted by molar-refractivity contribution is -0.577. The Kier molecular flexibility index (Phi) is 5.92. The lowest BCUT2D eigenvalue weighted by atomic mass is 10.3. The molecule has 3 aromatic rings. The van der Waals surface area contributed by atoms with E-state index in [0.717, 1.165) is 21.7 Å². The van der Waals surface area contributed by atoms with Crippen molar-refractivity contribution in [2.24, 2.45) is 5.10 Å². The van der Waals surface area contributed by atoms with Crippen molar-refractivity contribution in [1.29, 1.82) is 5.41 Å². The van der Waals surface area contributed by atoms with Crippen LogP contribution in [0.5, 0.6) is 0 Å². The molecule has 148 valence electrons. The zero-order chi connectivity index (χ0) is 20.1. The molecule has 10 heteroatoms. The third-order valence-corrected chi connectivity index (χ3v) is 4.96. The highest BCUT2D eigenvalue weighted by atomic mass is 79.9. The zero-order valence-electron chi connectivity index (χ0n) is 15.6. The van der Waals surface area contributed by atoms with E-state index < -0.39 is 0 Å². The number of nitrogens with zero attached hydrogens (tertiary/aromatic N) is 4. The second-order valence-corrected chi connectivity index (χ2v) is 7.51. The van der Waals surface area contributed by atoms with Crippen molar-refractivity contribution >= 4 is 51.1 Å². The van der Waals surface area contributed by atoms with E-state index >= 15 is 0 Å². The molecule has 1 aromatic carbocycles. The molecule has 9 nitrogen and oxygen atoms in total. The fraction of sp³-hybridized carbons (Fsp3) is 0.211. The van der Waals surface area contributed by atoms with E-state index in [4.69, 9.17) is 5.41 Å². The van der Waals surface area contributed by atoms with Gasteiger partial charge in [0.05, 0.1) is 11.0 Å². The van der Waals surface area contributed by atoms with E-state index in [-0.39, 0.29) is 0 Å². The minimum atomic E-state index is 0.335. The number of aromatic nitrogens is 4. The fourth-order valence-electron chi connectivity index (χ4n) is 2.67. The third kappa shape index (κ3) is 5.24. The van der Waals surface area contributed by atoms with Crippen LogP contribution >= 0.6 is 15.9 Å². The number of hydrogen-bond acceptors (Lipinski definition) is 7. The molecule has 2 aromatic heterocycles. The summed E-state index contributed by atoms with van der Waals surface area (Å²) >= 11 is 3.46. The quantitative estimate of drug-likeness (QED) is 0.147. The summed E-state index contributed by atoms with van der Waals surface area (Å²) in [5.41, 5.74) is 4.42. The Hall–Kier alpha value is -3.11. The molecule has 0 atom stereocenters. The van der Waals surface area contributed by atoms with E-state index in [1.165, 1.54) is 19.1 Å². The molecule has 0 aliphatic heterocycles. The van der Waals surface area contributed by atoms with Gasteiger partial charge in [0.2, 0.25) is 5.95 Å².